The van der Waals surface area contributed by atoms with Gasteiger partial charge in [-0.3, -0.25) is 0 Å². The fraction of sp³-hybridized carbons (Fsp3) is 0.727. The molecule has 1 saturated heterocycles. The number of nitrogens with zero attached hydrogens (tertiary/aromatic N) is 2. The van der Waals surface area contributed by atoms with Crippen molar-refractivity contribution in [3.05, 3.63) is 11.1 Å². The number of nitrogens with one attached hydrogen (secondary N) is 1. The molecular weight excluding hydrogens is 222 g/mol. The van der Waals surface area contributed by atoms with Gasteiger partial charge in [-0.2, -0.15) is 0 Å². The fourth-order valence-electron chi connectivity index (χ4n) is 1.67. The first kappa shape index (κ1) is 11.8. The van der Waals surface area contributed by atoms with Gasteiger partial charge in [-0.1, -0.05) is 6.92 Å². The first-order valence-electron chi connectivity index (χ1n) is 5.88. The first-order valence-corrected chi connectivity index (χ1v) is 6.70. The molecule has 1 aromatic heterocycles. The zero-order valence-electron chi connectivity index (χ0n) is 9.74. The van der Waals surface area contributed by atoms with Gasteiger partial charge < -0.3 is 15.0 Å². The molecule has 0 unspecified atom stereocenters. The van der Waals surface area contributed by atoms with Crippen LogP contribution in [0.1, 0.15) is 18.2 Å². The minimum Gasteiger partial charge on any atom is -0.378 e. The van der Waals surface area contributed by atoms with Gasteiger partial charge in [-0.15, -0.1) is 11.3 Å². The second-order valence-electron chi connectivity index (χ2n) is 3.89. The number of aromatic nitrogens is 1. The Balaban J connectivity index is 1.85. The second-order valence-corrected chi connectivity index (χ2v) is 4.98. The molecule has 1 aliphatic rings. The summed E-state index contributed by atoms with van der Waals surface area (Å²) in [6.07, 6.45) is 3.16. The zero-order valence-corrected chi connectivity index (χ0v) is 10.6. The van der Waals surface area contributed by atoms with Crippen molar-refractivity contribution in [2.75, 3.05) is 37.7 Å². The minimum absolute atomic E-state index is 0.822. The molecule has 1 aliphatic heterocycles. The van der Waals surface area contributed by atoms with E-state index in [0.717, 1.165) is 44.5 Å². The molecule has 16 heavy (non-hydrogen) atoms. The van der Waals surface area contributed by atoms with E-state index in [9.17, 15) is 0 Å². The van der Waals surface area contributed by atoms with Gasteiger partial charge in [0.25, 0.3) is 0 Å². The number of thiazole rings is 1. The van der Waals surface area contributed by atoms with Crippen LogP contribution in [-0.2, 0) is 11.3 Å². The molecule has 1 fully saturated rings. The van der Waals surface area contributed by atoms with Crippen molar-refractivity contribution < 1.29 is 4.74 Å². The molecule has 0 spiro atoms. The maximum atomic E-state index is 5.33. The third-order valence-electron chi connectivity index (χ3n) is 2.55. The summed E-state index contributed by atoms with van der Waals surface area (Å²) in [5.41, 5.74) is 0. The van der Waals surface area contributed by atoms with E-state index in [-0.39, 0.29) is 0 Å². The molecule has 0 aromatic carbocycles. The number of morpholine rings is 1. The van der Waals surface area contributed by atoms with Gasteiger partial charge in [-0.25, -0.2) is 4.98 Å². The molecule has 2 rings (SSSR count). The van der Waals surface area contributed by atoms with Crippen molar-refractivity contribution in [3.8, 4) is 0 Å². The number of hydrogen-bond acceptors (Lipinski definition) is 5. The van der Waals surface area contributed by atoms with Crippen LogP contribution < -0.4 is 10.2 Å². The molecule has 90 valence electrons. The summed E-state index contributed by atoms with van der Waals surface area (Å²) in [4.78, 5) is 8.09. The molecule has 0 radical (unpaired) electrons. The summed E-state index contributed by atoms with van der Waals surface area (Å²) < 4.78 is 5.33. The molecule has 2 heterocycles. The van der Waals surface area contributed by atoms with E-state index in [1.54, 1.807) is 11.3 Å². The molecule has 4 nitrogen and oxygen atoms in total. The Hall–Kier alpha value is -0.650. The molecular formula is C11H19N3OS. The van der Waals surface area contributed by atoms with Gasteiger partial charge in [0.15, 0.2) is 5.13 Å². The van der Waals surface area contributed by atoms with Crippen molar-refractivity contribution in [2.45, 2.75) is 19.9 Å². The van der Waals surface area contributed by atoms with Crippen molar-refractivity contribution in [1.29, 1.82) is 0 Å². The highest BCUT2D eigenvalue weighted by atomic mass is 32.1. The minimum atomic E-state index is 0.822. The summed E-state index contributed by atoms with van der Waals surface area (Å²) in [7, 11) is 0. The van der Waals surface area contributed by atoms with Gasteiger partial charge in [0.05, 0.1) is 13.2 Å². The normalized spacial score (nSPS) is 16.7. The van der Waals surface area contributed by atoms with Crippen molar-refractivity contribution in [3.63, 3.8) is 0 Å². The lowest BCUT2D eigenvalue weighted by atomic mass is 10.4. The zero-order chi connectivity index (χ0) is 11.2. The summed E-state index contributed by atoms with van der Waals surface area (Å²) >= 11 is 1.79. The van der Waals surface area contributed by atoms with E-state index >= 15 is 0 Å². The van der Waals surface area contributed by atoms with Gasteiger partial charge in [0, 0.05) is 30.7 Å². The van der Waals surface area contributed by atoms with Crippen LogP contribution in [0.3, 0.4) is 0 Å². The van der Waals surface area contributed by atoms with E-state index in [4.69, 9.17) is 4.74 Å². The van der Waals surface area contributed by atoms with Crippen molar-refractivity contribution >= 4 is 16.5 Å². The highest BCUT2D eigenvalue weighted by Gasteiger charge is 2.14. The molecule has 1 N–H and O–H groups in total. The maximum Gasteiger partial charge on any atom is 0.185 e. The molecule has 0 saturated carbocycles. The van der Waals surface area contributed by atoms with E-state index in [1.807, 2.05) is 6.20 Å². The number of rotatable bonds is 5. The van der Waals surface area contributed by atoms with Crippen molar-refractivity contribution in [1.82, 2.24) is 10.3 Å². The lowest BCUT2D eigenvalue weighted by Gasteiger charge is -2.25. The Bertz CT molecular complexity index is 310. The van der Waals surface area contributed by atoms with Gasteiger partial charge in [-0.05, 0) is 13.0 Å². The van der Waals surface area contributed by atoms with E-state index in [0.29, 0.717) is 0 Å². The highest BCUT2D eigenvalue weighted by molar-refractivity contribution is 7.15. The molecule has 0 aliphatic carbocycles. The fourth-order valence-corrected chi connectivity index (χ4v) is 2.60. The highest BCUT2D eigenvalue weighted by Crippen LogP contribution is 2.22. The largest absolute Gasteiger partial charge is 0.378 e. The van der Waals surface area contributed by atoms with E-state index in [2.05, 4.69) is 22.1 Å². The third-order valence-corrected chi connectivity index (χ3v) is 3.61. The van der Waals surface area contributed by atoms with Crippen LogP contribution in [0.25, 0.3) is 0 Å². The second kappa shape index (κ2) is 6.18. The lowest BCUT2D eigenvalue weighted by molar-refractivity contribution is 0.122. The number of ether oxygens (including phenoxy) is 1. The van der Waals surface area contributed by atoms with Gasteiger partial charge in [0.1, 0.15) is 0 Å². The monoisotopic (exact) mass is 241 g/mol. The summed E-state index contributed by atoms with van der Waals surface area (Å²) in [6.45, 7) is 7.77. The SMILES string of the molecule is CCCNCc1cnc(N2CCOCC2)s1. The van der Waals surface area contributed by atoms with Crippen LogP contribution in [-0.4, -0.2) is 37.8 Å². The van der Waals surface area contributed by atoms with Crippen LogP contribution in [0.4, 0.5) is 5.13 Å². The Morgan fingerprint density at radius 2 is 2.31 bits per heavy atom. The molecule has 1 aromatic rings. The summed E-state index contributed by atoms with van der Waals surface area (Å²) in [6, 6.07) is 0. The Kier molecular flexibility index (Phi) is 4.56. The standard InChI is InChI=1S/C11H19N3OS/c1-2-3-12-8-10-9-13-11(16-10)14-4-6-15-7-5-14/h9,12H,2-8H2,1H3. The lowest BCUT2D eigenvalue weighted by Crippen LogP contribution is -2.36. The predicted molar refractivity (Wildman–Crippen MR) is 67.1 cm³/mol. The molecule has 0 amide bonds. The number of hydrogen-bond donors (Lipinski definition) is 1. The Morgan fingerprint density at radius 1 is 1.50 bits per heavy atom. The van der Waals surface area contributed by atoms with E-state index in [1.165, 1.54) is 11.3 Å². The quantitative estimate of drug-likeness (QED) is 0.792. The summed E-state index contributed by atoms with van der Waals surface area (Å²) in [5, 5.41) is 4.53. The predicted octanol–water partition coefficient (Wildman–Crippen LogP) is 1.48. The maximum absolute atomic E-state index is 5.33. The molecule has 0 bridgehead atoms. The average molecular weight is 241 g/mol. The smallest absolute Gasteiger partial charge is 0.185 e. The molecule has 5 heteroatoms. The Labute approximate surface area is 101 Å². The third kappa shape index (κ3) is 3.17. The van der Waals surface area contributed by atoms with E-state index < -0.39 is 0 Å². The summed E-state index contributed by atoms with van der Waals surface area (Å²) in [5.74, 6) is 0. The van der Waals surface area contributed by atoms with Crippen LogP contribution in [0.2, 0.25) is 0 Å². The van der Waals surface area contributed by atoms with Crippen LogP contribution in [0, 0.1) is 0 Å². The van der Waals surface area contributed by atoms with Crippen LogP contribution in [0.5, 0.6) is 0 Å². The first-order chi connectivity index (χ1) is 7.90. The number of anilines is 1. The average Bonchev–Trinajstić information content (AvgIpc) is 2.79. The Morgan fingerprint density at radius 3 is 3.06 bits per heavy atom. The molecule has 0 atom stereocenters. The topological polar surface area (TPSA) is 37.4 Å². The van der Waals surface area contributed by atoms with Crippen LogP contribution in [0.15, 0.2) is 6.20 Å². The van der Waals surface area contributed by atoms with Gasteiger partial charge >= 0.3 is 0 Å². The van der Waals surface area contributed by atoms with Crippen LogP contribution >= 0.6 is 11.3 Å². The van der Waals surface area contributed by atoms with Gasteiger partial charge in [0.2, 0.25) is 0 Å². The van der Waals surface area contributed by atoms with Crippen molar-refractivity contribution in [2.24, 2.45) is 0 Å².